The third-order valence-corrected chi connectivity index (χ3v) is 5.04. The molecule has 2 aromatic carbocycles. The first kappa shape index (κ1) is 18.3. The third kappa shape index (κ3) is 4.07. The molecule has 0 saturated carbocycles. The predicted molar refractivity (Wildman–Crippen MR) is 110 cm³/mol. The zero-order valence-corrected chi connectivity index (χ0v) is 15.6. The summed E-state index contributed by atoms with van der Waals surface area (Å²) in [5, 5.41) is 4.00. The summed E-state index contributed by atoms with van der Waals surface area (Å²) in [4.78, 5) is 29.6. The van der Waals surface area contributed by atoms with Gasteiger partial charge in [0.05, 0.1) is 5.56 Å². The number of rotatable bonds is 6. The minimum atomic E-state index is -0.268. The van der Waals surface area contributed by atoms with Crippen LogP contribution >= 0.6 is 0 Å². The summed E-state index contributed by atoms with van der Waals surface area (Å²) >= 11 is 0. The molecule has 0 atom stereocenters. The maximum absolute atomic E-state index is 12.7. The summed E-state index contributed by atoms with van der Waals surface area (Å²) in [6.07, 6.45) is 4.01. The lowest BCUT2D eigenvalue weighted by molar-refractivity contribution is 0.102. The van der Waals surface area contributed by atoms with E-state index in [-0.39, 0.29) is 11.5 Å². The lowest BCUT2D eigenvalue weighted by atomic mass is 10.1. The monoisotopic (exact) mass is 377 g/mol. The number of ether oxygens (including phenoxy) is 1. The lowest BCUT2D eigenvalue weighted by Gasteiger charge is -2.15. The van der Waals surface area contributed by atoms with Gasteiger partial charge in [0.25, 0.3) is 11.5 Å². The van der Waals surface area contributed by atoms with Crippen LogP contribution in [0.25, 0.3) is 10.8 Å². The van der Waals surface area contributed by atoms with Crippen LogP contribution in [-0.2, 0) is 0 Å². The number of carbonyl (C=O) groups excluding carboxylic acids is 1. The highest BCUT2D eigenvalue weighted by Crippen LogP contribution is 2.19. The van der Waals surface area contributed by atoms with Crippen LogP contribution in [0.15, 0.2) is 59.5 Å². The van der Waals surface area contributed by atoms with Gasteiger partial charge in [0.15, 0.2) is 0 Å². The van der Waals surface area contributed by atoms with Gasteiger partial charge in [0.1, 0.15) is 12.4 Å². The maximum atomic E-state index is 12.7. The van der Waals surface area contributed by atoms with Gasteiger partial charge in [-0.3, -0.25) is 14.5 Å². The zero-order chi connectivity index (χ0) is 19.3. The molecule has 6 heteroatoms. The molecule has 1 amide bonds. The van der Waals surface area contributed by atoms with Crippen LogP contribution in [0.2, 0.25) is 0 Å². The van der Waals surface area contributed by atoms with Crippen molar-refractivity contribution in [1.29, 1.82) is 0 Å². The number of anilines is 1. The van der Waals surface area contributed by atoms with Crippen LogP contribution in [0.4, 0.5) is 5.69 Å². The Hall–Kier alpha value is -3.12. The molecule has 3 aromatic rings. The van der Waals surface area contributed by atoms with Gasteiger partial charge in [-0.1, -0.05) is 18.2 Å². The average Bonchev–Trinajstić information content (AvgIpc) is 3.23. The molecule has 0 radical (unpaired) electrons. The Balaban J connectivity index is 1.40. The Morgan fingerprint density at radius 3 is 2.50 bits per heavy atom. The molecule has 2 heterocycles. The number of likely N-dealkylation sites (tertiary alicyclic amines) is 1. The number of nitrogens with zero attached hydrogens (tertiary/aromatic N) is 1. The van der Waals surface area contributed by atoms with Gasteiger partial charge in [0, 0.05) is 29.2 Å². The highest BCUT2D eigenvalue weighted by molar-refractivity contribution is 6.12. The van der Waals surface area contributed by atoms with E-state index in [0.717, 1.165) is 25.4 Å². The molecular formula is C22H23N3O3. The van der Waals surface area contributed by atoms with Crippen molar-refractivity contribution in [1.82, 2.24) is 9.88 Å². The average molecular weight is 377 g/mol. The number of pyridine rings is 1. The smallest absolute Gasteiger partial charge is 0.257 e. The van der Waals surface area contributed by atoms with Crippen LogP contribution in [0.1, 0.15) is 23.2 Å². The second kappa shape index (κ2) is 8.27. The molecule has 1 aliphatic rings. The fourth-order valence-electron chi connectivity index (χ4n) is 3.53. The van der Waals surface area contributed by atoms with Gasteiger partial charge >= 0.3 is 0 Å². The Labute approximate surface area is 163 Å². The fraction of sp³-hybridized carbons (Fsp3) is 0.273. The Bertz CT molecular complexity index is 1020. The second-order valence-corrected chi connectivity index (χ2v) is 6.95. The molecule has 0 bridgehead atoms. The number of benzene rings is 2. The van der Waals surface area contributed by atoms with Gasteiger partial charge in [-0.25, -0.2) is 0 Å². The van der Waals surface area contributed by atoms with E-state index in [1.165, 1.54) is 19.0 Å². The number of amides is 1. The minimum absolute atomic E-state index is 0.206. The van der Waals surface area contributed by atoms with Gasteiger partial charge in [0.2, 0.25) is 0 Å². The molecule has 1 saturated heterocycles. The van der Waals surface area contributed by atoms with E-state index in [9.17, 15) is 9.59 Å². The van der Waals surface area contributed by atoms with E-state index in [0.29, 0.717) is 28.6 Å². The van der Waals surface area contributed by atoms with Crippen LogP contribution in [0, 0.1) is 0 Å². The normalized spacial score (nSPS) is 14.3. The molecule has 6 nitrogen and oxygen atoms in total. The van der Waals surface area contributed by atoms with Crippen molar-refractivity contribution in [2.45, 2.75) is 12.8 Å². The number of H-pyrrole nitrogens is 1. The number of carbonyl (C=O) groups is 1. The minimum Gasteiger partial charge on any atom is -0.492 e. The van der Waals surface area contributed by atoms with Crippen molar-refractivity contribution in [2.75, 3.05) is 31.6 Å². The largest absolute Gasteiger partial charge is 0.492 e. The second-order valence-electron chi connectivity index (χ2n) is 6.95. The fourth-order valence-corrected chi connectivity index (χ4v) is 3.53. The number of nitrogens with one attached hydrogen (secondary N) is 2. The summed E-state index contributed by atoms with van der Waals surface area (Å²) in [5.41, 5.74) is 0.899. The quantitative estimate of drug-likeness (QED) is 0.692. The van der Waals surface area contributed by atoms with E-state index < -0.39 is 0 Å². The molecule has 4 rings (SSSR count). The summed E-state index contributed by atoms with van der Waals surface area (Å²) in [5.74, 6) is 0.516. The lowest BCUT2D eigenvalue weighted by Crippen LogP contribution is -2.25. The first-order valence-corrected chi connectivity index (χ1v) is 9.58. The van der Waals surface area contributed by atoms with Gasteiger partial charge in [-0.2, -0.15) is 0 Å². The van der Waals surface area contributed by atoms with E-state index in [1.54, 1.807) is 18.2 Å². The molecule has 144 valence electrons. The van der Waals surface area contributed by atoms with Crippen LogP contribution < -0.4 is 15.6 Å². The standard InChI is InChI=1S/C22H23N3O3/c26-21-19-6-2-1-5-18(19)20(15-23-21)22(27)24-16-7-9-17(10-8-16)28-14-13-25-11-3-4-12-25/h1-2,5-10,15H,3-4,11-14H2,(H,23,26)(H,24,27). The van der Waals surface area contributed by atoms with Gasteiger partial charge in [-0.05, 0) is 56.3 Å². The summed E-state index contributed by atoms with van der Waals surface area (Å²) in [6.45, 7) is 3.92. The molecule has 0 aliphatic carbocycles. The molecule has 1 aliphatic heterocycles. The Morgan fingerprint density at radius 1 is 1.04 bits per heavy atom. The molecule has 28 heavy (non-hydrogen) atoms. The van der Waals surface area contributed by atoms with Crippen molar-refractivity contribution in [3.8, 4) is 5.75 Å². The third-order valence-electron chi connectivity index (χ3n) is 5.04. The van der Waals surface area contributed by atoms with Gasteiger partial charge in [-0.15, -0.1) is 0 Å². The van der Waals surface area contributed by atoms with Crippen molar-refractivity contribution in [2.24, 2.45) is 0 Å². The highest BCUT2D eigenvalue weighted by Gasteiger charge is 2.13. The summed E-state index contributed by atoms with van der Waals surface area (Å²) in [6, 6.07) is 14.4. The highest BCUT2D eigenvalue weighted by atomic mass is 16.5. The first-order chi connectivity index (χ1) is 13.7. The first-order valence-electron chi connectivity index (χ1n) is 9.58. The summed E-state index contributed by atoms with van der Waals surface area (Å²) < 4.78 is 5.79. The van der Waals surface area contributed by atoms with Crippen LogP contribution in [0.3, 0.4) is 0 Å². The Morgan fingerprint density at radius 2 is 1.75 bits per heavy atom. The van der Waals surface area contributed by atoms with Crippen molar-refractivity contribution < 1.29 is 9.53 Å². The molecular weight excluding hydrogens is 354 g/mol. The number of hydrogen-bond donors (Lipinski definition) is 2. The number of fused-ring (bicyclic) bond motifs is 1. The van der Waals surface area contributed by atoms with E-state index in [4.69, 9.17) is 4.74 Å². The number of hydrogen-bond acceptors (Lipinski definition) is 4. The number of aromatic amines is 1. The SMILES string of the molecule is O=C(Nc1ccc(OCCN2CCCC2)cc1)c1c[nH]c(=O)c2ccccc12. The van der Waals surface area contributed by atoms with Crippen LogP contribution in [0.5, 0.6) is 5.75 Å². The van der Waals surface area contributed by atoms with Gasteiger partial charge < -0.3 is 15.0 Å². The zero-order valence-electron chi connectivity index (χ0n) is 15.6. The van der Waals surface area contributed by atoms with Crippen molar-refractivity contribution >= 4 is 22.4 Å². The number of aromatic nitrogens is 1. The summed E-state index contributed by atoms with van der Waals surface area (Å²) in [7, 11) is 0. The van der Waals surface area contributed by atoms with Crippen molar-refractivity contribution in [3.05, 3.63) is 70.6 Å². The molecule has 0 unspecified atom stereocenters. The van der Waals surface area contributed by atoms with E-state index >= 15 is 0 Å². The van der Waals surface area contributed by atoms with E-state index in [2.05, 4.69) is 15.2 Å². The molecule has 0 spiro atoms. The topological polar surface area (TPSA) is 74.4 Å². The maximum Gasteiger partial charge on any atom is 0.257 e. The van der Waals surface area contributed by atoms with E-state index in [1.807, 2.05) is 30.3 Å². The predicted octanol–water partition coefficient (Wildman–Crippen LogP) is 3.26. The van der Waals surface area contributed by atoms with Crippen LogP contribution in [-0.4, -0.2) is 42.0 Å². The molecule has 1 aromatic heterocycles. The Kier molecular flexibility index (Phi) is 5.39. The molecule has 1 fully saturated rings. The molecule has 2 N–H and O–H groups in total. The van der Waals surface area contributed by atoms with Crippen molar-refractivity contribution in [3.63, 3.8) is 0 Å².